The predicted molar refractivity (Wildman–Crippen MR) is 69.3 cm³/mol. The van der Waals surface area contributed by atoms with E-state index in [0.29, 0.717) is 19.0 Å². The van der Waals surface area contributed by atoms with Crippen molar-refractivity contribution in [2.75, 3.05) is 32.7 Å². The van der Waals surface area contributed by atoms with E-state index in [0.717, 1.165) is 25.3 Å². The molecule has 0 aromatic carbocycles. The number of rotatable bonds is 4. The molecule has 1 saturated heterocycles. The predicted octanol–water partition coefficient (Wildman–Crippen LogP) is -0.204. The summed E-state index contributed by atoms with van der Waals surface area (Å²) in [7, 11) is 0. The molecule has 1 aliphatic rings. The summed E-state index contributed by atoms with van der Waals surface area (Å²) in [6.07, 6.45) is 0.773. The number of hydrogen-bond donors (Lipinski definition) is 1. The average molecular weight is 267 g/mol. The van der Waals surface area contributed by atoms with Crippen molar-refractivity contribution in [1.82, 2.24) is 19.9 Å². The third-order valence-electron chi connectivity index (χ3n) is 3.55. The van der Waals surface area contributed by atoms with Crippen LogP contribution in [0.25, 0.3) is 0 Å². The Labute approximate surface area is 112 Å². The van der Waals surface area contributed by atoms with Gasteiger partial charge < -0.3 is 15.2 Å². The van der Waals surface area contributed by atoms with Crippen LogP contribution in [-0.2, 0) is 11.2 Å². The quantitative estimate of drug-likeness (QED) is 0.812. The second-order valence-corrected chi connectivity index (χ2v) is 4.70. The van der Waals surface area contributed by atoms with E-state index in [-0.39, 0.29) is 18.5 Å². The molecule has 19 heavy (non-hydrogen) atoms. The van der Waals surface area contributed by atoms with Gasteiger partial charge in [0.25, 0.3) is 0 Å². The molecule has 0 bridgehead atoms. The van der Waals surface area contributed by atoms with Gasteiger partial charge in [-0.05, 0) is 6.92 Å². The maximum Gasteiger partial charge on any atom is 0.243 e. The Kier molecular flexibility index (Phi) is 4.49. The highest BCUT2D eigenvalue weighted by Crippen LogP contribution is 2.20. The van der Waals surface area contributed by atoms with Crippen molar-refractivity contribution in [2.45, 2.75) is 26.3 Å². The summed E-state index contributed by atoms with van der Waals surface area (Å²) in [6, 6.07) is 0.0860. The topological polar surface area (TPSA) is 88.5 Å². The van der Waals surface area contributed by atoms with Gasteiger partial charge in [0.1, 0.15) is 0 Å². The molecule has 7 heteroatoms. The van der Waals surface area contributed by atoms with Gasteiger partial charge in [-0.3, -0.25) is 9.69 Å². The number of carbonyl (C=O) groups is 1. The number of aryl methyl sites for hydroxylation is 1. The smallest absolute Gasteiger partial charge is 0.243 e. The van der Waals surface area contributed by atoms with Gasteiger partial charge in [-0.25, -0.2) is 0 Å². The normalized spacial score (nSPS) is 18.6. The zero-order valence-corrected chi connectivity index (χ0v) is 11.5. The summed E-state index contributed by atoms with van der Waals surface area (Å²) >= 11 is 0. The molecular formula is C12H21N5O2. The van der Waals surface area contributed by atoms with Crippen LogP contribution in [0, 0.1) is 0 Å². The van der Waals surface area contributed by atoms with Crippen LogP contribution in [0.1, 0.15) is 31.6 Å². The first kappa shape index (κ1) is 14.0. The number of nitrogens with two attached hydrogens (primary N) is 1. The van der Waals surface area contributed by atoms with Crippen molar-refractivity contribution in [3.8, 4) is 0 Å². The molecule has 1 atom stereocenters. The van der Waals surface area contributed by atoms with E-state index in [1.54, 1.807) is 4.90 Å². The molecule has 1 aromatic heterocycles. The van der Waals surface area contributed by atoms with Crippen LogP contribution in [0.15, 0.2) is 4.52 Å². The second kappa shape index (κ2) is 6.12. The molecule has 0 aliphatic carbocycles. The summed E-state index contributed by atoms with van der Waals surface area (Å²) in [4.78, 5) is 19.9. The van der Waals surface area contributed by atoms with E-state index in [1.807, 2.05) is 13.8 Å². The monoisotopic (exact) mass is 267 g/mol. The van der Waals surface area contributed by atoms with Gasteiger partial charge in [-0.15, -0.1) is 0 Å². The highest BCUT2D eigenvalue weighted by Gasteiger charge is 2.26. The standard InChI is InChI=1S/C12H21N5O2/c1-3-10-14-12(19-15-10)9(2)16-4-6-17(7-5-16)11(18)8-13/h9H,3-8,13H2,1-2H3. The lowest BCUT2D eigenvalue weighted by atomic mass is 10.2. The van der Waals surface area contributed by atoms with E-state index in [2.05, 4.69) is 15.0 Å². The molecule has 1 amide bonds. The van der Waals surface area contributed by atoms with Gasteiger partial charge in [0.05, 0.1) is 12.6 Å². The number of amides is 1. The summed E-state index contributed by atoms with van der Waals surface area (Å²) in [5.41, 5.74) is 5.37. The van der Waals surface area contributed by atoms with Crippen LogP contribution in [0.5, 0.6) is 0 Å². The van der Waals surface area contributed by atoms with Gasteiger partial charge in [-0.2, -0.15) is 4.98 Å². The number of piperazine rings is 1. The number of aromatic nitrogens is 2. The zero-order chi connectivity index (χ0) is 13.8. The molecule has 106 valence electrons. The summed E-state index contributed by atoms with van der Waals surface area (Å²) in [5, 5.41) is 3.91. The Morgan fingerprint density at radius 1 is 1.42 bits per heavy atom. The number of carbonyl (C=O) groups excluding carboxylic acids is 1. The molecular weight excluding hydrogens is 246 g/mol. The molecule has 1 aromatic rings. The van der Waals surface area contributed by atoms with Crippen LogP contribution in [-0.4, -0.2) is 58.6 Å². The van der Waals surface area contributed by atoms with Crippen molar-refractivity contribution >= 4 is 5.91 Å². The van der Waals surface area contributed by atoms with E-state index in [4.69, 9.17) is 10.3 Å². The molecule has 0 spiro atoms. The van der Waals surface area contributed by atoms with Crippen LogP contribution in [0.4, 0.5) is 0 Å². The van der Waals surface area contributed by atoms with Gasteiger partial charge in [0.2, 0.25) is 11.8 Å². The summed E-state index contributed by atoms with van der Waals surface area (Å²) < 4.78 is 5.26. The Morgan fingerprint density at radius 3 is 2.63 bits per heavy atom. The minimum absolute atomic E-state index is 0.0124. The van der Waals surface area contributed by atoms with Crippen LogP contribution in [0.3, 0.4) is 0 Å². The third kappa shape index (κ3) is 3.10. The Morgan fingerprint density at radius 2 is 2.11 bits per heavy atom. The first-order valence-corrected chi connectivity index (χ1v) is 6.70. The maximum atomic E-state index is 11.5. The van der Waals surface area contributed by atoms with E-state index >= 15 is 0 Å². The molecule has 2 heterocycles. The number of nitrogens with zero attached hydrogens (tertiary/aromatic N) is 4. The van der Waals surface area contributed by atoms with Crippen LogP contribution in [0.2, 0.25) is 0 Å². The molecule has 1 unspecified atom stereocenters. The third-order valence-corrected chi connectivity index (χ3v) is 3.55. The first-order valence-electron chi connectivity index (χ1n) is 6.70. The lowest BCUT2D eigenvalue weighted by Gasteiger charge is -2.36. The minimum Gasteiger partial charge on any atom is -0.339 e. The Bertz CT molecular complexity index is 426. The molecule has 0 saturated carbocycles. The van der Waals surface area contributed by atoms with Crippen molar-refractivity contribution in [2.24, 2.45) is 5.73 Å². The molecule has 2 N–H and O–H groups in total. The fourth-order valence-electron chi connectivity index (χ4n) is 2.22. The van der Waals surface area contributed by atoms with Gasteiger partial charge in [-0.1, -0.05) is 12.1 Å². The molecule has 7 nitrogen and oxygen atoms in total. The van der Waals surface area contributed by atoms with Gasteiger partial charge in [0, 0.05) is 32.6 Å². The fraction of sp³-hybridized carbons (Fsp3) is 0.750. The van der Waals surface area contributed by atoms with E-state index in [9.17, 15) is 4.79 Å². The minimum atomic E-state index is 0.0124. The average Bonchev–Trinajstić information content (AvgIpc) is 2.94. The van der Waals surface area contributed by atoms with Crippen molar-refractivity contribution in [3.05, 3.63) is 11.7 Å². The van der Waals surface area contributed by atoms with Gasteiger partial charge >= 0.3 is 0 Å². The van der Waals surface area contributed by atoms with Crippen LogP contribution < -0.4 is 5.73 Å². The largest absolute Gasteiger partial charge is 0.339 e. The molecule has 1 aliphatic heterocycles. The molecule has 1 fully saturated rings. The Hall–Kier alpha value is -1.47. The highest BCUT2D eigenvalue weighted by molar-refractivity contribution is 5.78. The zero-order valence-electron chi connectivity index (χ0n) is 11.5. The van der Waals surface area contributed by atoms with Gasteiger partial charge in [0.15, 0.2) is 5.82 Å². The molecule has 0 radical (unpaired) electrons. The summed E-state index contributed by atoms with van der Waals surface area (Å²) in [5.74, 6) is 1.40. The maximum absolute atomic E-state index is 11.5. The van der Waals surface area contributed by atoms with Crippen molar-refractivity contribution in [1.29, 1.82) is 0 Å². The molecule has 2 rings (SSSR count). The lowest BCUT2D eigenvalue weighted by molar-refractivity contribution is -0.131. The van der Waals surface area contributed by atoms with Crippen molar-refractivity contribution < 1.29 is 9.32 Å². The fourth-order valence-corrected chi connectivity index (χ4v) is 2.22. The lowest BCUT2D eigenvalue weighted by Crippen LogP contribution is -2.50. The summed E-state index contributed by atoms with van der Waals surface area (Å²) in [6.45, 7) is 7.14. The van der Waals surface area contributed by atoms with Crippen molar-refractivity contribution in [3.63, 3.8) is 0 Å². The highest BCUT2D eigenvalue weighted by atomic mass is 16.5. The second-order valence-electron chi connectivity index (χ2n) is 4.70. The van der Waals surface area contributed by atoms with E-state index < -0.39 is 0 Å². The first-order chi connectivity index (χ1) is 9.15. The van der Waals surface area contributed by atoms with E-state index in [1.165, 1.54) is 0 Å². The number of hydrogen-bond acceptors (Lipinski definition) is 6. The SMILES string of the molecule is CCc1noc(C(C)N2CCN(C(=O)CN)CC2)n1. The van der Waals surface area contributed by atoms with Crippen LogP contribution >= 0.6 is 0 Å². The Balaban J connectivity index is 1.92.